The molecular formula is C23H27FN4O2S. The van der Waals surface area contributed by atoms with Crippen LogP contribution in [0.25, 0.3) is 0 Å². The Kier molecular flexibility index (Phi) is 5.94. The van der Waals surface area contributed by atoms with Crippen molar-refractivity contribution in [2.45, 2.75) is 57.5 Å². The normalized spacial score (nSPS) is 17.4. The lowest BCUT2D eigenvalue weighted by Gasteiger charge is -2.24. The summed E-state index contributed by atoms with van der Waals surface area (Å²) in [4.78, 5) is 4.95. The summed E-state index contributed by atoms with van der Waals surface area (Å²) in [5, 5.41) is 4.31. The number of aryl methyl sites for hydroxylation is 3. The van der Waals surface area contributed by atoms with Crippen LogP contribution in [-0.2, 0) is 23.0 Å². The summed E-state index contributed by atoms with van der Waals surface area (Å²) in [5.74, 6) is -0.260. The fraction of sp³-hybridized carbons (Fsp3) is 0.391. The topological polar surface area (TPSA) is 68.1 Å². The predicted octanol–water partition coefficient (Wildman–Crippen LogP) is 4.17. The van der Waals surface area contributed by atoms with Crippen LogP contribution in [0.2, 0.25) is 0 Å². The molecular weight excluding hydrogens is 415 g/mol. The van der Waals surface area contributed by atoms with Crippen LogP contribution in [0.5, 0.6) is 0 Å². The largest absolute Gasteiger partial charge is 0.271 e. The third-order valence-corrected chi connectivity index (χ3v) is 7.72. The SMILES string of the molecule is CCn1cc(S(=O)(=O)N2CCC[C@@H]2c2cc(Cc3ccc(F)cc3)cc(C)n2)c(C)n1. The molecule has 0 unspecified atom stereocenters. The first kappa shape index (κ1) is 21.6. The van der Waals surface area contributed by atoms with Crippen molar-refractivity contribution in [1.29, 1.82) is 0 Å². The zero-order chi connectivity index (χ0) is 22.2. The van der Waals surface area contributed by atoms with Gasteiger partial charge in [0.25, 0.3) is 0 Å². The highest BCUT2D eigenvalue weighted by Gasteiger charge is 2.38. The molecule has 0 amide bonds. The molecule has 0 spiro atoms. The van der Waals surface area contributed by atoms with Gasteiger partial charge >= 0.3 is 0 Å². The Bertz CT molecular complexity index is 1190. The number of halogens is 1. The van der Waals surface area contributed by atoms with Crippen LogP contribution in [0.3, 0.4) is 0 Å². The lowest BCUT2D eigenvalue weighted by molar-refractivity contribution is 0.389. The van der Waals surface area contributed by atoms with Crippen molar-refractivity contribution < 1.29 is 12.8 Å². The molecule has 31 heavy (non-hydrogen) atoms. The van der Waals surface area contributed by atoms with Crippen LogP contribution in [0.15, 0.2) is 47.5 Å². The summed E-state index contributed by atoms with van der Waals surface area (Å²) in [6.07, 6.45) is 3.77. The Balaban J connectivity index is 1.66. The molecule has 1 aromatic carbocycles. The molecule has 6 nitrogen and oxygen atoms in total. The highest BCUT2D eigenvalue weighted by molar-refractivity contribution is 7.89. The van der Waals surface area contributed by atoms with E-state index < -0.39 is 10.0 Å². The number of sulfonamides is 1. The maximum atomic E-state index is 13.5. The summed E-state index contributed by atoms with van der Waals surface area (Å²) < 4.78 is 43.4. The van der Waals surface area contributed by atoms with Crippen LogP contribution in [0.4, 0.5) is 4.39 Å². The minimum atomic E-state index is -3.68. The van der Waals surface area contributed by atoms with Crippen molar-refractivity contribution in [2.24, 2.45) is 0 Å². The van der Waals surface area contributed by atoms with Gasteiger partial charge < -0.3 is 0 Å². The second-order valence-electron chi connectivity index (χ2n) is 8.05. The minimum absolute atomic E-state index is 0.260. The third kappa shape index (κ3) is 4.41. The van der Waals surface area contributed by atoms with E-state index in [2.05, 4.69) is 10.1 Å². The second-order valence-corrected chi connectivity index (χ2v) is 9.91. The summed E-state index contributed by atoms with van der Waals surface area (Å²) in [7, 11) is -3.68. The molecule has 2 aromatic heterocycles. The summed E-state index contributed by atoms with van der Waals surface area (Å²) >= 11 is 0. The first-order valence-corrected chi connectivity index (χ1v) is 12.0. The van der Waals surface area contributed by atoms with Gasteiger partial charge in [0.1, 0.15) is 10.7 Å². The molecule has 0 radical (unpaired) electrons. The lowest BCUT2D eigenvalue weighted by Crippen LogP contribution is -2.31. The van der Waals surface area contributed by atoms with Gasteiger partial charge in [0.05, 0.1) is 17.4 Å². The van der Waals surface area contributed by atoms with Crippen molar-refractivity contribution in [3.8, 4) is 0 Å². The van der Waals surface area contributed by atoms with Gasteiger partial charge in [0, 0.05) is 25.0 Å². The van der Waals surface area contributed by atoms with Crippen molar-refractivity contribution in [3.63, 3.8) is 0 Å². The Morgan fingerprint density at radius 3 is 2.55 bits per heavy atom. The number of benzene rings is 1. The number of aromatic nitrogens is 3. The molecule has 1 atom stereocenters. The number of rotatable bonds is 6. The molecule has 8 heteroatoms. The van der Waals surface area contributed by atoms with Gasteiger partial charge in [-0.2, -0.15) is 9.40 Å². The lowest BCUT2D eigenvalue weighted by atomic mass is 10.0. The predicted molar refractivity (Wildman–Crippen MR) is 117 cm³/mol. The second kappa shape index (κ2) is 8.51. The average molecular weight is 443 g/mol. The van der Waals surface area contributed by atoms with E-state index in [9.17, 15) is 12.8 Å². The van der Waals surface area contributed by atoms with E-state index in [4.69, 9.17) is 0 Å². The highest BCUT2D eigenvalue weighted by Crippen LogP contribution is 2.37. The fourth-order valence-corrected chi connectivity index (χ4v) is 6.08. The van der Waals surface area contributed by atoms with E-state index in [1.807, 2.05) is 26.0 Å². The average Bonchev–Trinajstić information content (AvgIpc) is 3.37. The first-order valence-electron chi connectivity index (χ1n) is 10.6. The summed E-state index contributed by atoms with van der Waals surface area (Å²) in [6, 6.07) is 10.1. The van der Waals surface area contributed by atoms with Crippen LogP contribution in [0.1, 0.15) is 54.0 Å². The van der Waals surface area contributed by atoms with Crippen LogP contribution in [-0.4, -0.2) is 34.0 Å². The van der Waals surface area contributed by atoms with Crippen molar-refractivity contribution in [2.75, 3.05) is 6.54 Å². The quantitative estimate of drug-likeness (QED) is 0.575. The molecule has 3 heterocycles. The number of hydrogen-bond donors (Lipinski definition) is 0. The summed E-state index contributed by atoms with van der Waals surface area (Å²) in [6.45, 7) is 6.66. The van der Waals surface area contributed by atoms with Crippen molar-refractivity contribution in [3.05, 3.63) is 76.6 Å². The van der Waals surface area contributed by atoms with Crippen molar-refractivity contribution in [1.82, 2.24) is 19.1 Å². The third-order valence-electron chi connectivity index (χ3n) is 5.71. The highest BCUT2D eigenvalue weighted by atomic mass is 32.2. The number of hydrogen-bond acceptors (Lipinski definition) is 4. The molecule has 4 rings (SSSR count). The van der Waals surface area contributed by atoms with Gasteiger partial charge in [0.2, 0.25) is 10.0 Å². The molecule has 0 saturated carbocycles. The Morgan fingerprint density at radius 1 is 1.13 bits per heavy atom. The van der Waals surface area contributed by atoms with Gasteiger partial charge in [-0.25, -0.2) is 12.8 Å². The zero-order valence-corrected chi connectivity index (χ0v) is 18.9. The first-order chi connectivity index (χ1) is 14.8. The van der Waals surface area contributed by atoms with E-state index in [-0.39, 0.29) is 16.8 Å². The van der Waals surface area contributed by atoms with Gasteiger partial charge in [-0.15, -0.1) is 0 Å². The smallest absolute Gasteiger partial charge is 0.247 e. The molecule has 0 aliphatic carbocycles. The maximum Gasteiger partial charge on any atom is 0.247 e. The van der Waals surface area contributed by atoms with Crippen molar-refractivity contribution >= 4 is 10.0 Å². The summed E-state index contributed by atoms with van der Waals surface area (Å²) in [5.41, 5.74) is 4.15. The van der Waals surface area contributed by atoms with E-state index in [0.717, 1.165) is 35.4 Å². The molecule has 1 saturated heterocycles. The van der Waals surface area contributed by atoms with Gasteiger partial charge in [-0.05, 0) is 75.4 Å². The molecule has 0 N–H and O–H groups in total. The van der Waals surface area contributed by atoms with E-state index >= 15 is 0 Å². The van der Waals surface area contributed by atoms with Gasteiger partial charge in [0.15, 0.2) is 0 Å². The molecule has 3 aromatic rings. The zero-order valence-electron chi connectivity index (χ0n) is 18.0. The van der Waals surface area contributed by atoms with E-state index in [1.54, 1.807) is 34.2 Å². The van der Waals surface area contributed by atoms with Crippen LogP contribution < -0.4 is 0 Å². The van der Waals surface area contributed by atoms with E-state index in [1.165, 1.54) is 12.1 Å². The standard InChI is InChI=1S/C23H27FN4O2S/c1-4-27-15-23(17(3)26-27)31(29,30)28-11-5-6-22(28)21-14-19(12-16(2)25-21)13-18-7-9-20(24)10-8-18/h7-10,12,14-15,22H,4-6,11,13H2,1-3H3/t22-/m1/s1. The minimum Gasteiger partial charge on any atom is -0.271 e. The number of nitrogens with zero attached hydrogens (tertiary/aromatic N) is 4. The Morgan fingerprint density at radius 2 is 1.87 bits per heavy atom. The molecule has 0 bridgehead atoms. The van der Waals surface area contributed by atoms with Gasteiger partial charge in [-0.3, -0.25) is 9.67 Å². The van der Waals surface area contributed by atoms with Gasteiger partial charge in [-0.1, -0.05) is 12.1 Å². The van der Waals surface area contributed by atoms with Crippen LogP contribution >= 0.6 is 0 Å². The molecule has 1 fully saturated rings. The van der Waals surface area contributed by atoms with Crippen LogP contribution in [0, 0.1) is 19.7 Å². The van der Waals surface area contributed by atoms with E-state index in [0.29, 0.717) is 25.2 Å². The Labute approximate surface area is 182 Å². The maximum absolute atomic E-state index is 13.5. The molecule has 1 aliphatic rings. The molecule has 1 aliphatic heterocycles. The number of pyridine rings is 1. The molecule has 164 valence electrons. The Hall–Kier alpha value is -2.58. The monoisotopic (exact) mass is 442 g/mol. The fourth-order valence-electron chi connectivity index (χ4n) is 4.24.